The molecule has 2 rings (SSSR count). The van der Waals surface area contributed by atoms with Gasteiger partial charge in [-0.05, 0) is 62.5 Å². The maximum atomic E-state index is 13.0. The molecule has 1 N–H and O–H groups in total. The van der Waals surface area contributed by atoms with E-state index in [-0.39, 0.29) is 18.4 Å². The number of carbonyl (C=O) groups excluding carboxylic acids is 1. The summed E-state index contributed by atoms with van der Waals surface area (Å²) in [4.78, 5) is 17.0. The van der Waals surface area contributed by atoms with Gasteiger partial charge in [0, 0.05) is 31.8 Å². The maximum Gasteiger partial charge on any atom is 0.253 e. The number of nitrogens with zero attached hydrogens (tertiary/aromatic N) is 2. The summed E-state index contributed by atoms with van der Waals surface area (Å²) in [7, 11) is 5.71. The van der Waals surface area contributed by atoms with Gasteiger partial charge in [-0.2, -0.15) is 0 Å². The largest absolute Gasteiger partial charge is 0.496 e. The van der Waals surface area contributed by atoms with Crippen molar-refractivity contribution in [1.82, 2.24) is 9.80 Å². The van der Waals surface area contributed by atoms with Crippen molar-refractivity contribution in [2.45, 2.75) is 12.8 Å². The zero-order chi connectivity index (χ0) is 18.4. The van der Waals surface area contributed by atoms with E-state index >= 15 is 0 Å². The fourth-order valence-corrected chi connectivity index (χ4v) is 3.67. The van der Waals surface area contributed by atoms with Crippen LogP contribution in [0.2, 0.25) is 0 Å². The number of carbonyl (C=O) groups is 1. The van der Waals surface area contributed by atoms with Crippen LogP contribution >= 0.6 is 0 Å². The summed E-state index contributed by atoms with van der Waals surface area (Å²) in [6.45, 7) is 6.16. The molecule has 5 nitrogen and oxygen atoms in total. The van der Waals surface area contributed by atoms with Gasteiger partial charge in [0.05, 0.1) is 7.11 Å². The monoisotopic (exact) mass is 346 g/mol. The molecule has 0 radical (unpaired) electrons. The summed E-state index contributed by atoms with van der Waals surface area (Å²) in [5.41, 5.74) is 1.63. The lowest BCUT2D eigenvalue weighted by molar-refractivity contribution is 0.0477. The minimum Gasteiger partial charge on any atom is -0.496 e. The van der Waals surface area contributed by atoms with Gasteiger partial charge in [0.1, 0.15) is 5.75 Å². The molecule has 1 heterocycles. The third-order valence-electron chi connectivity index (χ3n) is 4.68. The van der Waals surface area contributed by atoms with Crippen molar-refractivity contribution in [2.24, 2.45) is 11.8 Å². The molecule has 0 aromatic heterocycles. The fourth-order valence-electron chi connectivity index (χ4n) is 3.67. The van der Waals surface area contributed by atoms with Crippen molar-refractivity contribution in [3.05, 3.63) is 42.0 Å². The molecule has 0 spiro atoms. The summed E-state index contributed by atoms with van der Waals surface area (Å²) in [5, 5.41) is 9.62. The number of aliphatic hydroxyl groups excluding tert-OH is 1. The predicted octanol–water partition coefficient (Wildman–Crippen LogP) is 2.06. The second kappa shape index (κ2) is 9.02. The standard InChI is InChI=1S/C20H30N2O3/c1-5-6-17-10-18(7-8-19(17)25-4)20(24)22-12-15(11-21(2)3)9-16(13-22)14-23/h5,7-8,10,15-16,23H,1,6,9,11-14H2,2-4H3/t15-,16+/m1/s1. The Balaban J connectivity index is 2.19. The average Bonchev–Trinajstić information content (AvgIpc) is 2.60. The Hall–Kier alpha value is -1.85. The van der Waals surface area contributed by atoms with E-state index < -0.39 is 0 Å². The number of rotatable bonds is 7. The second-order valence-electron chi connectivity index (χ2n) is 7.14. The molecule has 1 saturated heterocycles. The van der Waals surface area contributed by atoms with Gasteiger partial charge < -0.3 is 19.6 Å². The molecular formula is C20H30N2O3. The van der Waals surface area contributed by atoms with E-state index in [0.717, 1.165) is 30.8 Å². The highest BCUT2D eigenvalue weighted by atomic mass is 16.5. The number of hydrogen-bond donors (Lipinski definition) is 1. The summed E-state index contributed by atoms with van der Waals surface area (Å²) in [6.07, 6.45) is 3.43. The quantitative estimate of drug-likeness (QED) is 0.768. The predicted molar refractivity (Wildman–Crippen MR) is 100 cm³/mol. The first-order chi connectivity index (χ1) is 12.0. The molecule has 2 atom stereocenters. The molecule has 1 aromatic rings. The Morgan fingerprint density at radius 2 is 2.12 bits per heavy atom. The van der Waals surface area contributed by atoms with Crippen molar-refractivity contribution >= 4 is 5.91 Å². The molecule has 1 fully saturated rings. The minimum absolute atomic E-state index is 0.0230. The second-order valence-corrected chi connectivity index (χ2v) is 7.14. The lowest BCUT2D eigenvalue weighted by Crippen LogP contribution is -2.47. The normalized spacial score (nSPS) is 20.6. The first-order valence-electron chi connectivity index (χ1n) is 8.81. The Morgan fingerprint density at radius 1 is 1.40 bits per heavy atom. The summed E-state index contributed by atoms with van der Waals surface area (Å²) >= 11 is 0. The van der Waals surface area contributed by atoms with Gasteiger partial charge in [-0.3, -0.25) is 4.79 Å². The van der Waals surface area contributed by atoms with Crippen LogP contribution in [-0.4, -0.2) is 68.3 Å². The van der Waals surface area contributed by atoms with Gasteiger partial charge in [0.15, 0.2) is 0 Å². The van der Waals surface area contributed by atoms with E-state index in [1.54, 1.807) is 7.11 Å². The summed E-state index contributed by atoms with van der Waals surface area (Å²) in [6, 6.07) is 5.56. The molecule has 0 saturated carbocycles. The highest BCUT2D eigenvalue weighted by Gasteiger charge is 2.30. The topological polar surface area (TPSA) is 53.0 Å². The van der Waals surface area contributed by atoms with Gasteiger partial charge in [-0.1, -0.05) is 6.08 Å². The lowest BCUT2D eigenvalue weighted by atomic mass is 9.89. The molecule has 1 aliphatic rings. The molecular weight excluding hydrogens is 316 g/mol. The van der Waals surface area contributed by atoms with E-state index in [9.17, 15) is 9.90 Å². The molecule has 0 unspecified atom stereocenters. The van der Waals surface area contributed by atoms with E-state index in [1.165, 1.54) is 0 Å². The van der Waals surface area contributed by atoms with Crippen molar-refractivity contribution in [2.75, 3.05) is 47.4 Å². The number of methoxy groups -OCH3 is 1. The molecule has 0 aliphatic carbocycles. The van der Waals surface area contributed by atoms with Crippen LogP contribution in [0, 0.1) is 11.8 Å². The zero-order valence-electron chi connectivity index (χ0n) is 15.6. The van der Waals surface area contributed by atoms with Gasteiger partial charge in [0.25, 0.3) is 5.91 Å². The molecule has 1 aromatic carbocycles. The fraction of sp³-hybridized carbons (Fsp3) is 0.550. The number of hydrogen-bond acceptors (Lipinski definition) is 4. The Labute approximate surface area is 150 Å². The number of likely N-dealkylation sites (tertiary alicyclic amines) is 1. The Morgan fingerprint density at radius 3 is 2.72 bits per heavy atom. The highest BCUT2D eigenvalue weighted by molar-refractivity contribution is 5.94. The maximum absolute atomic E-state index is 13.0. The Kier molecular flexibility index (Phi) is 7.02. The third-order valence-corrected chi connectivity index (χ3v) is 4.68. The number of allylic oxidation sites excluding steroid dienone is 1. The average molecular weight is 346 g/mol. The first kappa shape index (κ1) is 19.5. The van der Waals surface area contributed by atoms with E-state index in [4.69, 9.17) is 4.74 Å². The van der Waals surface area contributed by atoms with E-state index in [2.05, 4.69) is 11.5 Å². The Bertz CT molecular complexity index is 601. The number of aliphatic hydroxyl groups is 1. The minimum atomic E-state index is 0.0230. The van der Waals surface area contributed by atoms with Crippen molar-refractivity contribution < 1.29 is 14.6 Å². The van der Waals surface area contributed by atoms with Crippen LogP contribution in [0.5, 0.6) is 5.75 Å². The van der Waals surface area contributed by atoms with Crippen molar-refractivity contribution in [1.29, 1.82) is 0 Å². The molecule has 138 valence electrons. The molecule has 5 heteroatoms. The third kappa shape index (κ3) is 5.06. The van der Waals surface area contributed by atoms with Gasteiger partial charge in [0.2, 0.25) is 0 Å². The molecule has 1 aliphatic heterocycles. The van der Waals surface area contributed by atoms with Crippen LogP contribution in [0.1, 0.15) is 22.3 Å². The number of ether oxygens (including phenoxy) is 1. The zero-order valence-corrected chi connectivity index (χ0v) is 15.6. The summed E-state index contributed by atoms with van der Waals surface area (Å²) < 4.78 is 5.36. The SMILES string of the molecule is C=CCc1cc(C(=O)N2C[C@@H](CN(C)C)C[C@H](CO)C2)ccc1OC. The number of amides is 1. The number of benzene rings is 1. The molecule has 0 bridgehead atoms. The van der Waals surface area contributed by atoms with Crippen LogP contribution in [0.3, 0.4) is 0 Å². The van der Waals surface area contributed by atoms with E-state index in [0.29, 0.717) is 24.4 Å². The van der Waals surface area contributed by atoms with E-state index in [1.807, 2.05) is 43.3 Å². The number of piperidine rings is 1. The van der Waals surface area contributed by atoms with Crippen LogP contribution in [0.25, 0.3) is 0 Å². The van der Waals surface area contributed by atoms with Crippen LogP contribution in [0.4, 0.5) is 0 Å². The summed E-state index contributed by atoms with van der Waals surface area (Å²) in [5.74, 6) is 1.33. The van der Waals surface area contributed by atoms with Crippen LogP contribution in [-0.2, 0) is 6.42 Å². The molecule has 25 heavy (non-hydrogen) atoms. The lowest BCUT2D eigenvalue weighted by Gasteiger charge is -2.38. The molecule has 1 amide bonds. The van der Waals surface area contributed by atoms with Crippen molar-refractivity contribution in [3.63, 3.8) is 0 Å². The highest BCUT2D eigenvalue weighted by Crippen LogP contribution is 2.26. The van der Waals surface area contributed by atoms with Gasteiger partial charge in [-0.25, -0.2) is 0 Å². The van der Waals surface area contributed by atoms with Crippen LogP contribution in [0.15, 0.2) is 30.9 Å². The van der Waals surface area contributed by atoms with Crippen LogP contribution < -0.4 is 4.74 Å². The van der Waals surface area contributed by atoms with Gasteiger partial charge in [-0.15, -0.1) is 6.58 Å². The van der Waals surface area contributed by atoms with Gasteiger partial charge >= 0.3 is 0 Å². The smallest absolute Gasteiger partial charge is 0.253 e. The van der Waals surface area contributed by atoms with Crippen molar-refractivity contribution in [3.8, 4) is 5.75 Å². The first-order valence-corrected chi connectivity index (χ1v) is 8.81.